The molecule has 0 saturated carbocycles. The van der Waals surface area contributed by atoms with Crippen molar-refractivity contribution in [2.45, 2.75) is 11.3 Å². The first kappa shape index (κ1) is 17.0. The van der Waals surface area contributed by atoms with Crippen LogP contribution in [0.4, 0.5) is 5.69 Å². The van der Waals surface area contributed by atoms with Crippen LogP contribution in [0, 0.1) is 0 Å². The highest BCUT2D eigenvalue weighted by atomic mass is 32.2. The number of sulfonamides is 1. The lowest BCUT2D eigenvalue weighted by atomic mass is 10.1. The van der Waals surface area contributed by atoms with E-state index in [-0.39, 0.29) is 10.9 Å². The summed E-state index contributed by atoms with van der Waals surface area (Å²) in [7, 11) is -2.28. The standard InChI is InChI=1S/C18H17NO5S/c1-23-17-8-7-13(11-14-9-10-24-18(14)20)12-16(17)19-25(21,22)15-5-3-2-4-6-15/h2-8,11-12,19H,9-10H2,1H3. The average Bonchev–Trinajstić information content (AvgIpc) is 3.00. The van der Waals surface area contributed by atoms with Crippen molar-refractivity contribution in [1.29, 1.82) is 0 Å². The van der Waals surface area contributed by atoms with Crippen molar-refractivity contribution in [3.05, 3.63) is 59.7 Å². The minimum Gasteiger partial charge on any atom is -0.495 e. The van der Waals surface area contributed by atoms with Gasteiger partial charge in [-0.05, 0) is 35.9 Å². The van der Waals surface area contributed by atoms with Gasteiger partial charge in [-0.25, -0.2) is 13.2 Å². The number of methoxy groups -OCH3 is 1. The minimum atomic E-state index is -3.74. The summed E-state index contributed by atoms with van der Waals surface area (Å²) >= 11 is 0. The Bertz CT molecular complexity index is 920. The number of ether oxygens (including phenoxy) is 2. The van der Waals surface area contributed by atoms with Gasteiger partial charge < -0.3 is 9.47 Å². The summed E-state index contributed by atoms with van der Waals surface area (Å²) < 4.78 is 37.7. The average molecular weight is 359 g/mol. The van der Waals surface area contributed by atoms with E-state index in [9.17, 15) is 13.2 Å². The van der Waals surface area contributed by atoms with Crippen LogP contribution >= 0.6 is 0 Å². The van der Waals surface area contributed by atoms with E-state index in [4.69, 9.17) is 9.47 Å². The summed E-state index contributed by atoms with van der Waals surface area (Å²) in [5, 5.41) is 0. The predicted octanol–water partition coefficient (Wildman–Crippen LogP) is 2.83. The maximum absolute atomic E-state index is 12.5. The van der Waals surface area contributed by atoms with Crippen LogP contribution in [-0.4, -0.2) is 28.1 Å². The van der Waals surface area contributed by atoms with Gasteiger partial charge >= 0.3 is 5.97 Å². The van der Waals surface area contributed by atoms with Crippen LogP contribution in [0.5, 0.6) is 5.75 Å². The molecule has 1 heterocycles. The fourth-order valence-electron chi connectivity index (χ4n) is 2.48. The predicted molar refractivity (Wildman–Crippen MR) is 93.8 cm³/mol. The quantitative estimate of drug-likeness (QED) is 0.656. The highest BCUT2D eigenvalue weighted by Gasteiger charge is 2.19. The summed E-state index contributed by atoms with van der Waals surface area (Å²) in [5.74, 6) is 0.0397. The van der Waals surface area contributed by atoms with E-state index < -0.39 is 10.0 Å². The van der Waals surface area contributed by atoms with E-state index in [0.717, 1.165) is 0 Å². The normalized spacial score (nSPS) is 15.9. The molecule has 1 saturated heterocycles. The Labute approximate surface area is 146 Å². The van der Waals surface area contributed by atoms with Crippen LogP contribution in [-0.2, 0) is 19.6 Å². The molecule has 0 amide bonds. The summed E-state index contributed by atoms with van der Waals surface area (Å²) in [5.41, 5.74) is 1.54. The summed E-state index contributed by atoms with van der Waals surface area (Å²) in [6.07, 6.45) is 2.23. The van der Waals surface area contributed by atoms with Crippen LogP contribution in [0.3, 0.4) is 0 Å². The van der Waals surface area contributed by atoms with Gasteiger partial charge in [0.15, 0.2) is 0 Å². The van der Waals surface area contributed by atoms with Crippen molar-refractivity contribution in [1.82, 2.24) is 0 Å². The molecule has 1 aliphatic heterocycles. The third-order valence-electron chi connectivity index (χ3n) is 3.73. The monoisotopic (exact) mass is 359 g/mol. The Hall–Kier alpha value is -2.80. The molecule has 6 nitrogen and oxygen atoms in total. The molecule has 0 aliphatic carbocycles. The first-order valence-corrected chi connectivity index (χ1v) is 9.11. The third-order valence-corrected chi connectivity index (χ3v) is 5.11. The maximum atomic E-state index is 12.5. The molecule has 0 atom stereocenters. The molecule has 0 spiro atoms. The lowest BCUT2D eigenvalue weighted by Crippen LogP contribution is -2.13. The van der Waals surface area contributed by atoms with Crippen LogP contribution < -0.4 is 9.46 Å². The van der Waals surface area contributed by atoms with E-state index in [1.54, 1.807) is 42.5 Å². The maximum Gasteiger partial charge on any atom is 0.334 e. The molecule has 0 bridgehead atoms. The lowest BCUT2D eigenvalue weighted by molar-refractivity contribution is -0.134. The molecule has 2 aromatic rings. The number of esters is 1. The molecule has 0 unspecified atom stereocenters. The number of carbonyl (C=O) groups is 1. The minimum absolute atomic E-state index is 0.153. The topological polar surface area (TPSA) is 81.7 Å². The molecular formula is C18H17NO5S. The number of rotatable bonds is 5. The molecule has 130 valence electrons. The van der Waals surface area contributed by atoms with Gasteiger partial charge in [-0.15, -0.1) is 0 Å². The van der Waals surface area contributed by atoms with Gasteiger partial charge in [0, 0.05) is 12.0 Å². The molecule has 2 aromatic carbocycles. The number of carbonyl (C=O) groups excluding carboxylic acids is 1. The number of hydrogen-bond acceptors (Lipinski definition) is 5. The van der Waals surface area contributed by atoms with Crippen LogP contribution in [0.15, 0.2) is 59.0 Å². The fourth-order valence-corrected chi connectivity index (χ4v) is 3.56. The first-order chi connectivity index (χ1) is 12.0. The van der Waals surface area contributed by atoms with Gasteiger partial charge in [-0.1, -0.05) is 24.3 Å². The Morgan fingerprint density at radius 3 is 2.56 bits per heavy atom. The van der Waals surface area contributed by atoms with E-state index in [1.165, 1.54) is 19.2 Å². The third kappa shape index (κ3) is 3.83. The van der Waals surface area contributed by atoms with Gasteiger partial charge in [0.2, 0.25) is 0 Å². The Balaban J connectivity index is 1.95. The molecule has 1 N–H and O–H groups in total. The number of nitrogens with one attached hydrogen (secondary N) is 1. The van der Waals surface area contributed by atoms with Crippen molar-refractivity contribution < 1.29 is 22.7 Å². The zero-order valence-electron chi connectivity index (χ0n) is 13.6. The van der Waals surface area contributed by atoms with Crippen molar-refractivity contribution >= 4 is 27.8 Å². The van der Waals surface area contributed by atoms with Crippen molar-refractivity contribution in [2.75, 3.05) is 18.4 Å². The highest BCUT2D eigenvalue weighted by molar-refractivity contribution is 7.92. The van der Waals surface area contributed by atoms with Crippen molar-refractivity contribution in [3.63, 3.8) is 0 Å². The van der Waals surface area contributed by atoms with E-state index in [2.05, 4.69) is 4.72 Å². The number of anilines is 1. The smallest absolute Gasteiger partial charge is 0.334 e. The molecule has 7 heteroatoms. The molecule has 25 heavy (non-hydrogen) atoms. The van der Waals surface area contributed by atoms with E-state index in [1.807, 2.05) is 0 Å². The van der Waals surface area contributed by atoms with Gasteiger partial charge in [-0.3, -0.25) is 4.72 Å². The Kier molecular flexibility index (Phi) is 4.76. The van der Waals surface area contributed by atoms with Gasteiger partial charge in [0.1, 0.15) is 5.75 Å². The van der Waals surface area contributed by atoms with Gasteiger partial charge in [0.05, 0.1) is 24.3 Å². The number of benzene rings is 2. The first-order valence-electron chi connectivity index (χ1n) is 7.63. The van der Waals surface area contributed by atoms with Gasteiger partial charge in [0.25, 0.3) is 10.0 Å². The fraction of sp³-hybridized carbons (Fsp3) is 0.167. The largest absolute Gasteiger partial charge is 0.495 e. The van der Waals surface area contributed by atoms with E-state index in [0.29, 0.717) is 35.6 Å². The lowest BCUT2D eigenvalue weighted by Gasteiger charge is -2.13. The van der Waals surface area contributed by atoms with Crippen LogP contribution in [0.25, 0.3) is 6.08 Å². The molecule has 1 aliphatic rings. The number of cyclic esters (lactones) is 1. The van der Waals surface area contributed by atoms with Gasteiger partial charge in [-0.2, -0.15) is 0 Å². The molecule has 1 fully saturated rings. The molecule has 0 radical (unpaired) electrons. The summed E-state index contributed by atoms with van der Waals surface area (Å²) in [6, 6.07) is 13.1. The van der Waals surface area contributed by atoms with E-state index >= 15 is 0 Å². The Morgan fingerprint density at radius 2 is 1.92 bits per heavy atom. The molecular weight excluding hydrogens is 342 g/mol. The molecule has 3 rings (SSSR count). The van der Waals surface area contributed by atoms with Crippen molar-refractivity contribution in [2.24, 2.45) is 0 Å². The van der Waals surface area contributed by atoms with Crippen LogP contribution in [0.1, 0.15) is 12.0 Å². The highest BCUT2D eigenvalue weighted by Crippen LogP contribution is 2.29. The zero-order chi connectivity index (χ0) is 17.9. The second-order valence-corrected chi connectivity index (χ2v) is 7.12. The zero-order valence-corrected chi connectivity index (χ0v) is 14.4. The summed E-state index contributed by atoms with van der Waals surface area (Å²) in [6.45, 7) is 0.369. The Morgan fingerprint density at radius 1 is 1.16 bits per heavy atom. The second-order valence-electron chi connectivity index (χ2n) is 5.43. The van der Waals surface area contributed by atoms with Crippen molar-refractivity contribution in [3.8, 4) is 5.75 Å². The number of hydrogen-bond donors (Lipinski definition) is 1. The second kappa shape index (κ2) is 6.98. The van der Waals surface area contributed by atoms with Crippen LogP contribution in [0.2, 0.25) is 0 Å². The molecule has 0 aromatic heterocycles. The SMILES string of the molecule is COc1ccc(C=C2CCOC2=O)cc1NS(=O)(=O)c1ccccc1. The summed E-state index contributed by atoms with van der Waals surface area (Å²) in [4.78, 5) is 11.7.